The molecule has 2 rings (SSSR count). The van der Waals surface area contributed by atoms with Crippen molar-refractivity contribution in [3.63, 3.8) is 0 Å². The van der Waals surface area contributed by atoms with Gasteiger partial charge in [0.2, 0.25) is 0 Å². The van der Waals surface area contributed by atoms with Crippen molar-refractivity contribution in [1.29, 1.82) is 0 Å². The first kappa shape index (κ1) is 13.5. The highest BCUT2D eigenvalue weighted by atomic mass is 32.1. The van der Waals surface area contributed by atoms with Crippen molar-refractivity contribution < 1.29 is 10.2 Å². The van der Waals surface area contributed by atoms with Gasteiger partial charge >= 0.3 is 0 Å². The van der Waals surface area contributed by atoms with Crippen LogP contribution in [0.25, 0.3) is 4.96 Å². The van der Waals surface area contributed by atoms with E-state index in [9.17, 15) is 5.11 Å². The van der Waals surface area contributed by atoms with Gasteiger partial charge in [-0.1, -0.05) is 0 Å². The summed E-state index contributed by atoms with van der Waals surface area (Å²) in [5.74, 6) is 0. The van der Waals surface area contributed by atoms with E-state index in [1.54, 1.807) is 18.3 Å². The van der Waals surface area contributed by atoms with E-state index >= 15 is 0 Å². The Balaban J connectivity index is 2.09. The molecule has 0 aliphatic rings. The van der Waals surface area contributed by atoms with Crippen LogP contribution in [0.5, 0.6) is 0 Å². The zero-order valence-corrected chi connectivity index (χ0v) is 11.7. The highest BCUT2D eigenvalue weighted by Crippen LogP contribution is 2.20. The zero-order valence-electron chi connectivity index (χ0n) is 10.9. The number of hydrogen-bond acceptors (Lipinski definition) is 5. The van der Waals surface area contributed by atoms with Crippen molar-refractivity contribution in [2.45, 2.75) is 32.9 Å². The number of aryl methyl sites for hydroxylation is 2. The fourth-order valence-electron chi connectivity index (χ4n) is 1.83. The normalized spacial score (nSPS) is 15.2. The fraction of sp³-hybridized carbons (Fsp3) is 0.583. The Bertz CT molecular complexity index is 545. The monoisotopic (exact) mass is 269 g/mol. The van der Waals surface area contributed by atoms with E-state index in [4.69, 9.17) is 5.11 Å². The molecule has 2 heterocycles. The lowest BCUT2D eigenvalue weighted by Gasteiger charge is -2.20. The van der Waals surface area contributed by atoms with E-state index in [0.717, 1.165) is 16.3 Å². The van der Waals surface area contributed by atoms with E-state index in [1.807, 2.05) is 6.92 Å². The van der Waals surface area contributed by atoms with Crippen molar-refractivity contribution in [1.82, 2.24) is 14.7 Å². The molecule has 18 heavy (non-hydrogen) atoms. The maximum absolute atomic E-state index is 9.71. The van der Waals surface area contributed by atoms with Crippen molar-refractivity contribution >= 4 is 16.3 Å². The average Bonchev–Trinajstić information content (AvgIpc) is 2.76. The summed E-state index contributed by atoms with van der Waals surface area (Å²) in [6, 6.07) is 0. The van der Waals surface area contributed by atoms with Gasteiger partial charge in [-0.05, 0) is 20.8 Å². The van der Waals surface area contributed by atoms with Gasteiger partial charge in [0.25, 0.3) is 0 Å². The Labute approximate surface area is 110 Å². The largest absolute Gasteiger partial charge is 0.393 e. The third kappa shape index (κ3) is 2.72. The molecule has 0 fully saturated rings. The van der Waals surface area contributed by atoms with Crippen LogP contribution in [-0.4, -0.2) is 38.4 Å². The first-order valence-corrected chi connectivity index (χ1v) is 6.72. The van der Waals surface area contributed by atoms with E-state index in [0.29, 0.717) is 13.1 Å². The van der Waals surface area contributed by atoms with Crippen LogP contribution in [0.1, 0.15) is 23.2 Å². The van der Waals surface area contributed by atoms with Gasteiger partial charge in [0.1, 0.15) is 0 Å². The number of fused-ring (bicyclic) bond motifs is 1. The zero-order chi connectivity index (χ0) is 13.3. The van der Waals surface area contributed by atoms with Gasteiger partial charge in [-0.15, -0.1) is 11.3 Å². The molecule has 6 heteroatoms. The molecule has 0 saturated carbocycles. The van der Waals surface area contributed by atoms with E-state index in [2.05, 4.69) is 27.8 Å². The van der Waals surface area contributed by atoms with Crippen molar-refractivity contribution in [2.24, 2.45) is 0 Å². The second kappa shape index (κ2) is 4.97. The van der Waals surface area contributed by atoms with Gasteiger partial charge < -0.3 is 15.5 Å². The molecular formula is C12H19N3O2S. The number of aliphatic hydroxyl groups is 2. The van der Waals surface area contributed by atoms with Crippen LogP contribution >= 0.6 is 11.3 Å². The minimum Gasteiger partial charge on any atom is -0.393 e. The smallest absolute Gasteiger partial charge is 0.194 e. The Morgan fingerprint density at radius 3 is 2.89 bits per heavy atom. The molecule has 0 spiro atoms. The molecule has 2 aromatic heterocycles. The Morgan fingerprint density at radius 2 is 2.22 bits per heavy atom. The standard InChI is InChI=1S/C12H19N3O2S/c1-8-5-15-10(9(2)14-11(15)18-8)4-13-6-12(3,17)7-16/h5,13,16-17H,4,6-7H2,1-3H3. The van der Waals surface area contributed by atoms with Gasteiger partial charge in [-0.25, -0.2) is 4.98 Å². The van der Waals surface area contributed by atoms with Crippen LogP contribution in [0.3, 0.4) is 0 Å². The summed E-state index contributed by atoms with van der Waals surface area (Å²) >= 11 is 1.67. The summed E-state index contributed by atoms with van der Waals surface area (Å²) < 4.78 is 2.08. The van der Waals surface area contributed by atoms with Crippen molar-refractivity contribution in [3.8, 4) is 0 Å². The van der Waals surface area contributed by atoms with Gasteiger partial charge in [-0.2, -0.15) is 0 Å². The third-order valence-corrected chi connectivity index (χ3v) is 3.78. The van der Waals surface area contributed by atoms with E-state index in [1.165, 1.54) is 4.88 Å². The Morgan fingerprint density at radius 1 is 1.50 bits per heavy atom. The highest BCUT2D eigenvalue weighted by molar-refractivity contribution is 7.17. The molecule has 100 valence electrons. The molecule has 5 nitrogen and oxygen atoms in total. The topological polar surface area (TPSA) is 69.8 Å². The number of rotatable bonds is 5. The molecule has 2 aromatic rings. The molecule has 3 N–H and O–H groups in total. The number of aliphatic hydroxyl groups excluding tert-OH is 1. The first-order valence-electron chi connectivity index (χ1n) is 5.91. The quantitative estimate of drug-likeness (QED) is 0.752. The van der Waals surface area contributed by atoms with Crippen LogP contribution in [0, 0.1) is 13.8 Å². The molecule has 0 aliphatic heterocycles. The second-order valence-electron chi connectivity index (χ2n) is 4.90. The number of nitrogens with one attached hydrogen (secondary N) is 1. The van der Waals surface area contributed by atoms with Crippen LogP contribution in [0.15, 0.2) is 6.20 Å². The summed E-state index contributed by atoms with van der Waals surface area (Å²) in [4.78, 5) is 6.72. The van der Waals surface area contributed by atoms with Crippen molar-refractivity contribution in [2.75, 3.05) is 13.2 Å². The molecule has 0 bridgehead atoms. The van der Waals surface area contributed by atoms with Gasteiger partial charge in [0.15, 0.2) is 4.96 Å². The van der Waals surface area contributed by atoms with Crippen LogP contribution in [-0.2, 0) is 6.54 Å². The number of hydrogen-bond donors (Lipinski definition) is 3. The molecule has 0 saturated heterocycles. The summed E-state index contributed by atoms with van der Waals surface area (Å²) in [7, 11) is 0. The molecule has 0 radical (unpaired) electrons. The maximum atomic E-state index is 9.71. The number of nitrogens with zero attached hydrogens (tertiary/aromatic N) is 2. The average molecular weight is 269 g/mol. The second-order valence-corrected chi connectivity index (χ2v) is 6.11. The SMILES string of the molecule is Cc1cn2c(CNCC(C)(O)CO)c(C)nc2s1. The minimum atomic E-state index is -1.08. The van der Waals surface area contributed by atoms with Crippen molar-refractivity contribution in [3.05, 3.63) is 22.5 Å². The minimum absolute atomic E-state index is 0.252. The van der Waals surface area contributed by atoms with E-state index in [-0.39, 0.29) is 6.61 Å². The van der Waals surface area contributed by atoms with Crippen LogP contribution in [0.4, 0.5) is 0 Å². The summed E-state index contributed by atoms with van der Waals surface area (Å²) in [5, 5.41) is 21.8. The fourth-order valence-corrected chi connectivity index (χ4v) is 2.72. The van der Waals surface area contributed by atoms with Gasteiger partial charge in [0.05, 0.1) is 23.6 Å². The summed E-state index contributed by atoms with van der Waals surface area (Å²) in [6.45, 7) is 6.36. The Kier molecular flexibility index (Phi) is 3.72. The van der Waals surface area contributed by atoms with E-state index < -0.39 is 5.60 Å². The summed E-state index contributed by atoms with van der Waals surface area (Å²) in [5.41, 5.74) is 1.02. The molecular weight excluding hydrogens is 250 g/mol. The molecule has 1 unspecified atom stereocenters. The lowest BCUT2D eigenvalue weighted by atomic mass is 10.1. The van der Waals surface area contributed by atoms with Crippen LogP contribution in [0.2, 0.25) is 0 Å². The third-order valence-electron chi connectivity index (χ3n) is 2.88. The number of aromatic nitrogens is 2. The summed E-state index contributed by atoms with van der Waals surface area (Å²) in [6.07, 6.45) is 2.07. The highest BCUT2D eigenvalue weighted by Gasteiger charge is 2.19. The van der Waals surface area contributed by atoms with Gasteiger partial charge in [-0.3, -0.25) is 4.40 Å². The number of thiazole rings is 1. The predicted octanol–water partition coefficient (Wildman–Crippen LogP) is 0.846. The molecule has 0 aromatic carbocycles. The van der Waals surface area contributed by atoms with Crippen LogP contribution < -0.4 is 5.32 Å². The lowest BCUT2D eigenvalue weighted by molar-refractivity contribution is 0.00246. The predicted molar refractivity (Wildman–Crippen MR) is 72.0 cm³/mol. The number of imidazole rings is 1. The Hall–Kier alpha value is -0.950. The maximum Gasteiger partial charge on any atom is 0.194 e. The molecule has 0 amide bonds. The first-order chi connectivity index (χ1) is 8.43. The molecule has 0 aliphatic carbocycles. The lowest BCUT2D eigenvalue weighted by Crippen LogP contribution is -2.40. The van der Waals surface area contributed by atoms with Gasteiger partial charge in [0, 0.05) is 24.2 Å². The molecule has 1 atom stereocenters.